The van der Waals surface area contributed by atoms with Crippen LogP contribution in [0, 0.1) is 17.8 Å². The summed E-state index contributed by atoms with van der Waals surface area (Å²) < 4.78 is 68.5. The lowest BCUT2D eigenvalue weighted by atomic mass is 9.99. The van der Waals surface area contributed by atoms with Gasteiger partial charge in [0.15, 0.2) is 12.2 Å². The molecule has 0 aromatic rings. The van der Waals surface area contributed by atoms with E-state index in [-0.39, 0.29) is 25.7 Å². The Bertz CT molecular complexity index is 1840. The van der Waals surface area contributed by atoms with Gasteiger partial charge >= 0.3 is 39.5 Å². The van der Waals surface area contributed by atoms with Crippen LogP contribution in [0.4, 0.5) is 0 Å². The molecule has 0 amide bonds. The van der Waals surface area contributed by atoms with Crippen LogP contribution in [-0.2, 0) is 65.4 Å². The monoisotopic (exact) mass is 1380 g/mol. The number of esters is 4. The zero-order chi connectivity index (χ0) is 69.4. The van der Waals surface area contributed by atoms with Crippen LogP contribution < -0.4 is 0 Å². The average Bonchev–Trinajstić information content (AvgIpc) is 1.34. The number of ether oxygens (including phenoxy) is 4. The predicted octanol–water partition coefficient (Wildman–Crippen LogP) is 21.8. The highest BCUT2D eigenvalue weighted by Crippen LogP contribution is 2.45. The van der Waals surface area contributed by atoms with Crippen molar-refractivity contribution in [3.63, 3.8) is 0 Å². The molecule has 0 aliphatic heterocycles. The summed E-state index contributed by atoms with van der Waals surface area (Å²) in [6, 6.07) is 0. The van der Waals surface area contributed by atoms with Gasteiger partial charge in [-0.05, 0) is 43.4 Å². The van der Waals surface area contributed by atoms with Gasteiger partial charge in [0.25, 0.3) is 0 Å². The molecular weight excluding hydrogens is 1230 g/mol. The van der Waals surface area contributed by atoms with E-state index < -0.39 is 97.5 Å². The molecule has 0 aliphatic carbocycles. The molecule has 0 rings (SSSR count). The van der Waals surface area contributed by atoms with E-state index in [2.05, 4.69) is 48.5 Å². The molecule has 0 saturated carbocycles. The molecule has 0 heterocycles. The van der Waals surface area contributed by atoms with Crippen LogP contribution in [-0.4, -0.2) is 96.7 Å². The number of rotatable bonds is 73. The highest BCUT2D eigenvalue weighted by atomic mass is 31.2. The quantitative estimate of drug-likeness (QED) is 0.0222. The third kappa shape index (κ3) is 67.3. The van der Waals surface area contributed by atoms with Gasteiger partial charge in [0.05, 0.1) is 26.4 Å². The van der Waals surface area contributed by atoms with E-state index in [1.807, 2.05) is 0 Å². The van der Waals surface area contributed by atoms with E-state index in [0.717, 1.165) is 108 Å². The van der Waals surface area contributed by atoms with Crippen LogP contribution in [0.1, 0.15) is 382 Å². The van der Waals surface area contributed by atoms with Crippen LogP contribution in [0.25, 0.3) is 0 Å². The molecule has 0 aromatic carbocycles. The SMILES string of the molecule is CCCCCCCCCCCC(=O)OC[C@H](COP(=O)(O)OC[C@H](O)COP(=O)(O)OC[C@@H](COC(=O)CCCCCCCCCCCCCC(C)C)OC(=O)CCCCCCCCCCCCCCCCC(C)C)OC(=O)CCCCCCCCCCCCC(C)CC. The number of carbonyl (C=O) groups excluding carboxylic acids is 4. The molecule has 3 N–H and O–H groups in total. The molecule has 0 aromatic heterocycles. The van der Waals surface area contributed by atoms with Gasteiger partial charge in [0.2, 0.25) is 0 Å². The van der Waals surface area contributed by atoms with Crippen molar-refractivity contribution in [1.29, 1.82) is 0 Å². The van der Waals surface area contributed by atoms with Gasteiger partial charge in [0, 0.05) is 25.7 Å². The van der Waals surface area contributed by atoms with Crippen LogP contribution in [0.2, 0.25) is 0 Å². The maximum absolute atomic E-state index is 13.1. The number of carbonyl (C=O) groups is 4. The van der Waals surface area contributed by atoms with E-state index in [4.69, 9.17) is 37.0 Å². The van der Waals surface area contributed by atoms with Gasteiger partial charge in [-0.3, -0.25) is 37.3 Å². The van der Waals surface area contributed by atoms with Gasteiger partial charge in [0.1, 0.15) is 19.3 Å². The van der Waals surface area contributed by atoms with Crippen molar-refractivity contribution in [3.8, 4) is 0 Å². The van der Waals surface area contributed by atoms with Gasteiger partial charge in [-0.15, -0.1) is 0 Å². The Kier molecular flexibility index (Phi) is 64.3. The van der Waals surface area contributed by atoms with Crippen molar-refractivity contribution < 1.29 is 80.2 Å². The zero-order valence-electron chi connectivity index (χ0n) is 61.4. The molecule has 0 saturated heterocycles. The molecule has 6 atom stereocenters. The maximum Gasteiger partial charge on any atom is 0.472 e. The molecule has 0 aliphatic rings. The van der Waals surface area contributed by atoms with Crippen molar-refractivity contribution in [3.05, 3.63) is 0 Å². The fourth-order valence-electron chi connectivity index (χ4n) is 11.4. The number of phosphoric ester groups is 2. The predicted molar refractivity (Wildman–Crippen MR) is 381 cm³/mol. The number of hydrogen-bond acceptors (Lipinski definition) is 15. The van der Waals surface area contributed by atoms with Crippen molar-refractivity contribution in [2.75, 3.05) is 39.6 Å². The molecule has 17 nitrogen and oxygen atoms in total. The fourth-order valence-corrected chi connectivity index (χ4v) is 13.0. The van der Waals surface area contributed by atoms with Crippen LogP contribution >= 0.6 is 15.6 Å². The van der Waals surface area contributed by atoms with Gasteiger partial charge in [-0.2, -0.15) is 0 Å². The maximum atomic E-state index is 13.1. The first-order chi connectivity index (χ1) is 45.3. The van der Waals surface area contributed by atoms with Crippen molar-refractivity contribution >= 4 is 39.5 Å². The lowest BCUT2D eigenvalue weighted by Crippen LogP contribution is -2.30. The van der Waals surface area contributed by atoms with Crippen LogP contribution in [0.5, 0.6) is 0 Å². The summed E-state index contributed by atoms with van der Waals surface area (Å²) in [5.74, 6) is 0.250. The number of aliphatic hydroxyl groups excluding tert-OH is 1. The number of unbranched alkanes of at least 4 members (excludes halogenated alkanes) is 40. The molecule has 558 valence electrons. The first kappa shape index (κ1) is 92.1. The third-order valence-corrected chi connectivity index (χ3v) is 19.6. The average molecular weight is 1380 g/mol. The highest BCUT2D eigenvalue weighted by Gasteiger charge is 2.30. The smallest absolute Gasteiger partial charge is 0.462 e. The van der Waals surface area contributed by atoms with Crippen molar-refractivity contribution in [2.45, 2.75) is 401 Å². The second-order valence-corrected chi connectivity index (χ2v) is 31.1. The molecule has 0 radical (unpaired) electrons. The molecular formula is C75H146O17P2. The Morgan fingerprint density at radius 2 is 0.543 bits per heavy atom. The van der Waals surface area contributed by atoms with Crippen molar-refractivity contribution in [2.24, 2.45) is 17.8 Å². The minimum atomic E-state index is -4.96. The molecule has 94 heavy (non-hydrogen) atoms. The summed E-state index contributed by atoms with van der Waals surface area (Å²) in [6.45, 7) is 11.9. The minimum absolute atomic E-state index is 0.106. The Morgan fingerprint density at radius 3 is 0.809 bits per heavy atom. The summed E-state index contributed by atoms with van der Waals surface area (Å²) in [5, 5.41) is 10.6. The van der Waals surface area contributed by atoms with E-state index in [1.165, 1.54) is 193 Å². The fraction of sp³-hybridized carbons (Fsp3) is 0.947. The molecule has 3 unspecified atom stereocenters. The Morgan fingerprint density at radius 1 is 0.309 bits per heavy atom. The normalized spacial score (nSPS) is 14.4. The zero-order valence-corrected chi connectivity index (χ0v) is 63.2. The highest BCUT2D eigenvalue weighted by molar-refractivity contribution is 7.47. The second-order valence-electron chi connectivity index (χ2n) is 28.2. The third-order valence-electron chi connectivity index (χ3n) is 17.7. The van der Waals surface area contributed by atoms with E-state index in [9.17, 15) is 43.2 Å². The van der Waals surface area contributed by atoms with Crippen molar-refractivity contribution in [1.82, 2.24) is 0 Å². The molecule has 19 heteroatoms. The summed E-state index contributed by atoms with van der Waals surface area (Å²) in [5.41, 5.74) is 0. The number of hydrogen-bond donors (Lipinski definition) is 3. The summed E-state index contributed by atoms with van der Waals surface area (Å²) >= 11 is 0. The summed E-state index contributed by atoms with van der Waals surface area (Å²) in [6.07, 6.45) is 51.2. The Hall–Kier alpha value is -1.94. The Labute approximate surface area is 575 Å². The molecule has 0 bridgehead atoms. The second kappa shape index (κ2) is 65.7. The lowest BCUT2D eigenvalue weighted by molar-refractivity contribution is -0.161. The van der Waals surface area contributed by atoms with Gasteiger partial charge < -0.3 is 33.8 Å². The first-order valence-corrected chi connectivity index (χ1v) is 41.9. The van der Waals surface area contributed by atoms with Crippen LogP contribution in [0.15, 0.2) is 0 Å². The standard InChI is InChI=1S/C75H146O17P2/c1-8-10-11-12-13-25-35-42-49-56-72(77)85-62-70(92-75(80)59-52-45-38-31-24-23-28-34-41-48-55-68(7)9-2)64-89-93(81,82)87-60-69(76)61-88-94(83,84)90-65-71(63-86-73(78)57-50-43-36-29-22-18-20-27-33-40-47-54-67(5)6)91-74(79)58-51-44-37-30-21-17-15-14-16-19-26-32-39-46-53-66(3)4/h66-71,76H,8-65H2,1-7H3,(H,81,82)(H,83,84)/t68?,69-,70+,71+/m0/s1. The van der Waals surface area contributed by atoms with E-state index in [1.54, 1.807) is 0 Å². The first-order valence-electron chi connectivity index (χ1n) is 38.9. The Balaban J connectivity index is 5.24. The van der Waals surface area contributed by atoms with Gasteiger partial charge in [-0.25, -0.2) is 9.13 Å². The molecule has 0 fully saturated rings. The van der Waals surface area contributed by atoms with Crippen LogP contribution in [0.3, 0.4) is 0 Å². The van der Waals surface area contributed by atoms with E-state index >= 15 is 0 Å². The van der Waals surface area contributed by atoms with E-state index in [0.29, 0.717) is 25.7 Å². The number of phosphoric acid groups is 2. The largest absolute Gasteiger partial charge is 0.472 e. The number of aliphatic hydroxyl groups is 1. The topological polar surface area (TPSA) is 237 Å². The summed E-state index contributed by atoms with van der Waals surface area (Å²) in [4.78, 5) is 72.7. The summed E-state index contributed by atoms with van der Waals surface area (Å²) in [7, 11) is -9.91. The molecule has 0 spiro atoms. The lowest BCUT2D eigenvalue weighted by Gasteiger charge is -2.21. The van der Waals surface area contributed by atoms with Gasteiger partial charge in [-0.1, -0.05) is 331 Å². The minimum Gasteiger partial charge on any atom is -0.462 e.